The van der Waals surface area contributed by atoms with Crippen LogP contribution in [-0.2, 0) is 9.59 Å². The quantitative estimate of drug-likeness (QED) is 0.556. The molecule has 0 aromatic carbocycles. The molecule has 0 aromatic rings. The largest absolute Gasteiger partial charge is 0.353 e. The molecule has 0 spiro atoms. The van der Waals surface area contributed by atoms with Gasteiger partial charge in [0.1, 0.15) is 12.1 Å². The van der Waals surface area contributed by atoms with Crippen LogP contribution in [0.15, 0.2) is 4.99 Å². The molecule has 1 aliphatic heterocycles. The normalized spacial score (nSPS) is 30.0. The maximum Gasteiger partial charge on any atom is 0.330 e. The molecule has 122 valence electrons. The summed E-state index contributed by atoms with van der Waals surface area (Å²) in [4.78, 5) is 41.5. The molecule has 1 saturated heterocycles. The van der Waals surface area contributed by atoms with E-state index in [0.717, 1.165) is 43.4 Å². The number of nitrogens with zero attached hydrogens (tertiary/aromatic N) is 2. The number of hydrogen-bond acceptors (Lipinski definition) is 4. The summed E-state index contributed by atoms with van der Waals surface area (Å²) in [6.07, 6.45) is 7.22. The lowest BCUT2D eigenvalue weighted by atomic mass is 9.91. The predicted octanol–water partition coefficient (Wildman–Crippen LogP) is 0.105. The molecule has 2 fully saturated rings. The van der Waals surface area contributed by atoms with E-state index in [1.54, 1.807) is 0 Å². The standard InChI is InChI=1S/C15H24N4O3/c1-2-3-8-19-14(21)10(13(20)18-15(19)22)9-17-12-7-5-4-6-11(12)16/h9-12H,2-8,16H2,1H3,(H,18,20,22)/p+1/t10-,11+,12+/m1/s1. The molecule has 7 heteroatoms. The van der Waals surface area contributed by atoms with Crippen molar-refractivity contribution in [3.63, 3.8) is 0 Å². The number of unbranched alkanes of at least 4 members (excludes halogenated alkanes) is 1. The van der Waals surface area contributed by atoms with E-state index < -0.39 is 23.8 Å². The zero-order valence-corrected chi connectivity index (χ0v) is 13.1. The smallest absolute Gasteiger partial charge is 0.330 e. The summed E-state index contributed by atoms with van der Waals surface area (Å²) in [5.41, 5.74) is 4.08. The minimum Gasteiger partial charge on any atom is -0.353 e. The first-order chi connectivity index (χ1) is 10.5. The molecule has 7 nitrogen and oxygen atoms in total. The Morgan fingerprint density at radius 1 is 1.32 bits per heavy atom. The van der Waals surface area contributed by atoms with Gasteiger partial charge in [0.2, 0.25) is 11.8 Å². The van der Waals surface area contributed by atoms with Crippen LogP contribution in [0.3, 0.4) is 0 Å². The molecule has 0 radical (unpaired) electrons. The summed E-state index contributed by atoms with van der Waals surface area (Å²) in [5.74, 6) is -2.05. The van der Waals surface area contributed by atoms with Crippen molar-refractivity contribution in [2.24, 2.45) is 10.9 Å². The molecule has 0 aromatic heterocycles. The summed E-state index contributed by atoms with van der Waals surface area (Å²) in [6.45, 7) is 2.31. The molecule has 2 aliphatic rings. The van der Waals surface area contributed by atoms with Gasteiger partial charge < -0.3 is 5.73 Å². The fraction of sp³-hybridized carbons (Fsp3) is 0.733. The highest BCUT2D eigenvalue weighted by atomic mass is 16.2. The molecule has 0 bridgehead atoms. The number of aliphatic imine (C=N–C) groups is 1. The van der Waals surface area contributed by atoms with Gasteiger partial charge in [-0.25, -0.2) is 4.79 Å². The van der Waals surface area contributed by atoms with Crippen molar-refractivity contribution >= 4 is 24.1 Å². The lowest BCUT2D eigenvalue weighted by Gasteiger charge is -2.29. The Hall–Kier alpha value is -1.76. The molecule has 1 aliphatic carbocycles. The number of carbonyl (C=O) groups excluding carboxylic acids is 3. The van der Waals surface area contributed by atoms with Crippen LogP contribution in [-0.4, -0.2) is 47.6 Å². The van der Waals surface area contributed by atoms with Crippen LogP contribution in [0.1, 0.15) is 45.4 Å². The SMILES string of the molecule is CCCCN1C(=O)NC(=O)[C@@H](C=N[C@H]2CCCC[C@@H]2[NH3+])C1=O. The van der Waals surface area contributed by atoms with Gasteiger partial charge in [-0.15, -0.1) is 0 Å². The Morgan fingerprint density at radius 3 is 2.73 bits per heavy atom. The van der Waals surface area contributed by atoms with E-state index in [1.807, 2.05) is 6.92 Å². The summed E-state index contributed by atoms with van der Waals surface area (Å²) >= 11 is 0. The summed E-state index contributed by atoms with van der Waals surface area (Å²) in [5, 5.41) is 2.24. The fourth-order valence-corrected chi connectivity index (χ4v) is 2.87. The van der Waals surface area contributed by atoms with Crippen LogP contribution in [0.5, 0.6) is 0 Å². The maximum absolute atomic E-state index is 12.3. The second-order valence-corrected chi connectivity index (χ2v) is 6.03. The maximum atomic E-state index is 12.3. The van der Waals surface area contributed by atoms with E-state index in [0.29, 0.717) is 6.54 Å². The Kier molecular flexibility index (Phi) is 5.65. The van der Waals surface area contributed by atoms with Gasteiger partial charge >= 0.3 is 6.03 Å². The molecule has 2 rings (SSSR count). The molecule has 0 unspecified atom stereocenters. The van der Waals surface area contributed by atoms with Crippen molar-refractivity contribution in [2.45, 2.75) is 57.5 Å². The summed E-state index contributed by atoms with van der Waals surface area (Å²) < 4.78 is 0. The zero-order chi connectivity index (χ0) is 16.1. The van der Waals surface area contributed by atoms with E-state index in [2.05, 4.69) is 16.0 Å². The number of urea groups is 1. The average Bonchev–Trinajstić information content (AvgIpc) is 2.48. The van der Waals surface area contributed by atoms with Gasteiger partial charge in [0.05, 0.1) is 0 Å². The van der Waals surface area contributed by atoms with Crippen molar-refractivity contribution in [1.29, 1.82) is 0 Å². The van der Waals surface area contributed by atoms with Crippen LogP contribution in [0.25, 0.3) is 0 Å². The Labute approximate surface area is 130 Å². The molecule has 4 N–H and O–H groups in total. The lowest BCUT2D eigenvalue weighted by molar-refractivity contribution is -0.428. The highest BCUT2D eigenvalue weighted by Gasteiger charge is 2.39. The third-order valence-corrected chi connectivity index (χ3v) is 4.32. The summed E-state index contributed by atoms with van der Waals surface area (Å²) in [6, 6.07) is -0.332. The number of quaternary nitrogens is 1. The highest BCUT2D eigenvalue weighted by Crippen LogP contribution is 2.19. The highest BCUT2D eigenvalue weighted by molar-refractivity contribution is 6.23. The predicted molar refractivity (Wildman–Crippen MR) is 81.1 cm³/mol. The van der Waals surface area contributed by atoms with E-state index in [1.165, 1.54) is 6.21 Å². The van der Waals surface area contributed by atoms with E-state index >= 15 is 0 Å². The van der Waals surface area contributed by atoms with Crippen LogP contribution in [0.4, 0.5) is 4.79 Å². The Balaban J connectivity index is 2.06. The third-order valence-electron chi connectivity index (χ3n) is 4.32. The van der Waals surface area contributed by atoms with Gasteiger partial charge in [0.15, 0.2) is 5.92 Å². The average molecular weight is 309 g/mol. The Morgan fingerprint density at radius 2 is 2.05 bits per heavy atom. The lowest BCUT2D eigenvalue weighted by Crippen LogP contribution is -2.66. The summed E-state index contributed by atoms with van der Waals surface area (Å²) in [7, 11) is 0. The van der Waals surface area contributed by atoms with Crippen LogP contribution < -0.4 is 11.1 Å². The fourth-order valence-electron chi connectivity index (χ4n) is 2.87. The van der Waals surface area contributed by atoms with Gasteiger partial charge in [-0.1, -0.05) is 19.8 Å². The first-order valence-corrected chi connectivity index (χ1v) is 8.07. The van der Waals surface area contributed by atoms with Crippen LogP contribution >= 0.6 is 0 Å². The number of carbonyl (C=O) groups is 3. The molecule has 1 saturated carbocycles. The number of rotatable bonds is 5. The molecule has 22 heavy (non-hydrogen) atoms. The molecular weight excluding hydrogens is 284 g/mol. The first kappa shape index (κ1) is 16.6. The number of amides is 4. The number of hydrogen-bond donors (Lipinski definition) is 2. The monoisotopic (exact) mass is 309 g/mol. The van der Waals surface area contributed by atoms with E-state index in [4.69, 9.17) is 0 Å². The van der Waals surface area contributed by atoms with Crippen molar-refractivity contribution in [3.8, 4) is 0 Å². The van der Waals surface area contributed by atoms with Crippen LogP contribution in [0.2, 0.25) is 0 Å². The van der Waals surface area contributed by atoms with Gasteiger partial charge in [-0.05, 0) is 19.3 Å². The van der Waals surface area contributed by atoms with E-state index in [-0.39, 0.29) is 12.1 Å². The van der Waals surface area contributed by atoms with Gasteiger partial charge in [-0.2, -0.15) is 0 Å². The molecule has 1 heterocycles. The van der Waals surface area contributed by atoms with Crippen LogP contribution in [0, 0.1) is 5.92 Å². The van der Waals surface area contributed by atoms with Crippen molar-refractivity contribution in [1.82, 2.24) is 10.2 Å². The van der Waals surface area contributed by atoms with Gasteiger partial charge in [0.25, 0.3) is 0 Å². The molecule has 4 amide bonds. The van der Waals surface area contributed by atoms with Crippen molar-refractivity contribution in [2.75, 3.05) is 6.54 Å². The van der Waals surface area contributed by atoms with Gasteiger partial charge in [0, 0.05) is 19.2 Å². The van der Waals surface area contributed by atoms with Crippen molar-refractivity contribution in [3.05, 3.63) is 0 Å². The number of imide groups is 2. The number of nitrogens with one attached hydrogen (secondary N) is 1. The zero-order valence-electron chi connectivity index (χ0n) is 13.1. The number of barbiturate groups is 1. The molecule has 3 atom stereocenters. The minimum atomic E-state index is -0.997. The second kappa shape index (κ2) is 7.49. The van der Waals surface area contributed by atoms with E-state index in [9.17, 15) is 14.4 Å². The topological polar surface area (TPSA) is 106 Å². The van der Waals surface area contributed by atoms with Crippen molar-refractivity contribution < 1.29 is 20.1 Å². The minimum absolute atomic E-state index is 0.0658. The Bertz CT molecular complexity index is 477. The third kappa shape index (κ3) is 3.71. The second-order valence-electron chi connectivity index (χ2n) is 6.03. The molecular formula is C15H25N4O3+. The first-order valence-electron chi connectivity index (χ1n) is 8.07. The van der Waals surface area contributed by atoms with Gasteiger partial charge in [-0.3, -0.25) is 24.8 Å².